The van der Waals surface area contributed by atoms with Crippen LogP contribution >= 0.6 is 8.03 Å². The molecule has 1 saturated heterocycles. The topological polar surface area (TPSA) is 166 Å². The van der Waals surface area contributed by atoms with E-state index >= 15 is 0 Å². The SMILES string of the molecule is Nc1ncnc2c1ncn2[C@@H]1O[C@H](CO)C(OC[P+](=O)O)C1O. The zero-order valence-electron chi connectivity index (χ0n) is 11.8. The van der Waals surface area contributed by atoms with Gasteiger partial charge in [-0.1, -0.05) is 0 Å². The van der Waals surface area contributed by atoms with Gasteiger partial charge >= 0.3 is 8.03 Å². The van der Waals surface area contributed by atoms with E-state index in [4.69, 9.17) is 20.1 Å². The van der Waals surface area contributed by atoms with Gasteiger partial charge in [0.2, 0.25) is 0 Å². The van der Waals surface area contributed by atoms with Crippen molar-refractivity contribution < 1.29 is 29.1 Å². The van der Waals surface area contributed by atoms with Crippen molar-refractivity contribution >= 4 is 25.0 Å². The number of aliphatic hydroxyl groups excluding tert-OH is 2. The number of aliphatic hydroxyl groups is 2. The Balaban J connectivity index is 1.90. The van der Waals surface area contributed by atoms with Gasteiger partial charge in [-0.05, 0) is 4.57 Å². The van der Waals surface area contributed by atoms with Gasteiger partial charge < -0.3 is 25.4 Å². The summed E-state index contributed by atoms with van der Waals surface area (Å²) >= 11 is 0. The third-order valence-corrected chi connectivity index (χ3v) is 3.90. The molecule has 3 rings (SSSR count). The number of hydrogen-bond donors (Lipinski definition) is 4. The van der Waals surface area contributed by atoms with Gasteiger partial charge in [-0.25, -0.2) is 15.0 Å². The second kappa shape index (κ2) is 6.40. The average molecular weight is 344 g/mol. The van der Waals surface area contributed by atoms with E-state index in [-0.39, 0.29) is 5.82 Å². The first-order valence-corrected chi connectivity index (χ1v) is 8.05. The van der Waals surface area contributed by atoms with E-state index in [2.05, 4.69) is 15.0 Å². The summed E-state index contributed by atoms with van der Waals surface area (Å²) in [6.07, 6.45) is -1.79. The van der Waals surface area contributed by atoms with Crippen LogP contribution in [0, 0.1) is 0 Å². The Bertz CT molecular complexity index is 726. The van der Waals surface area contributed by atoms with Crippen molar-refractivity contribution in [1.29, 1.82) is 0 Å². The number of fused-ring (bicyclic) bond motifs is 1. The Morgan fingerprint density at radius 3 is 2.91 bits per heavy atom. The van der Waals surface area contributed by atoms with E-state index in [1.807, 2.05) is 0 Å². The van der Waals surface area contributed by atoms with Crippen molar-refractivity contribution in [3.63, 3.8) is 0 Å². The molecule has 1 aliphatic heterocycles. The highest BCUT2D eigenvalue weighted by molar-refractivity contribution is 7.37. The Hall–Kier alpha value is -1.75. The number of nitrogens with two attached hydrogens (primary N) is 1. The Morgan fingerprint density at radius 1 is 1.43 bits per heavy atom. The third-order valence-electron chi connectivity index (χ3n) is 3.53. The fourth-order valence-electron chi connectivity index (χ4n) is 2.51. The summed E-state index contributed by atoms with van der Waals surface area (Å²) in [5, 5.41) is 19.8. The average Bonchev–Trinajstić information content (AvgIpc) is 3.07. The van der Waals surface area contributed by atoms with E-state index in [0.29, 0.717) is 11.2 Å². The highest BCUT2D eigenvalue weighted by Gasteiger charge is 2.46. The molecule has 3 unspecified atom stereocenters. The molecule has 0 aliphatic carbocycles. The third kappa shape index (κ3) is 2.90. The van der Waals surface area contributed by atoms with Gasteiger partial charge in [-0.3, -0.25) is 4.57 Å². The maximum atomic E-state index is 10.8. The minimum atomic E-state index is -2.53. The summed E-state index contributed by atoms with van der Waals surface area (Å²) in [5.74, 6) is 0.185. The fraction of sp³-hybridized carbons (Fsp3) is 0.545. The number of nitrogen functional groups attached to an aromatic ring is 1. The standard InChI is InChI=1S/C11H14N5O6P/c12-9-6-10(14-2-13-9)16(3-15-6)11-7(18)8(5(1-17)22-11)21-4-23(19)20/h2-3,5,7-8,11,17-18H,1,4H2,(H2-,12,13,14,19,20)/p+1/t5-,7?,8?,11-/m1/s1. The number of imidazole rings is 1. The second-order valence-corrected chi connectivity index (χ2v) is 5.90. The lowest BCUT2D eigenvalue weighted by Gasteiger charge is -2.17. The number of ether oxygens (including phenoxy) is 2. The van der Waals surface area contributed by atoms with Gasteiger partial charge in [-0.2, -0.15) is 4.89 Å². The normalized spacial score (nSPS) is 28.4. The van der Waals surface area contributed by atoms with Crippen LogP contribution in [0.5, 0.6) is 0 Å². The van der Waals surface area contributed by atoms with Crippen LogP contribution in [-0.4, -0.2) is 65.9 Å². The Kier molecular flexibility index (Phi) is 4.48. The predicted molar refractivity (Wildman–Crippen MR) is 76.3 cm³/mol. The summed E-state index contributed by atoms with van der Waals surface area (Å²) in [7, 11) is -2.53. The largest absolute Gasteiger partial charge is 0.534 e. The number of nitrogens with zero attached hydrogens (tertiary/aromatic N) is 4. The van der Waals surface area contributed by atoms with Gasteiger partial charge in [0, 0.05) is 0 Å². The summed E-state index contributed by atoms with van der Waals surface area (Å²) in [5.41, 5.74) is 6.42. The highest BCUT2D eigenvalue weighted by Crippen LogP contribution is 2.34. The van der Waals surface area contributed by atoms with Crippen molar-refractivity contribution in [2.24, 2.45) is 0 Å². The van der Waals surface area contributed by atoms with Crippen LogP contribution in [0.25, 0.3) is 11.2 Å². The Morgan fingerprint density at radius 2 is 2.22 bits per heavy atom. The molecule has 2 aromatic rings. The molecule has 12 heteroatoms. The van der Waals surface area contributed by atoms with Crippen molar-refractivity contribution in [3.8, 4) is 0 Å². The number of anilines is 1. The summed E-state index contributed by atoms with van der Waals surface area (Å²) in [4.78, 5) is 20.8. The predicted octanol–water partition coefficient (Wildman–Crippen LogP) is -1.26. The van der Waals surface area contributed by atoms with Crippen LogP contribution in [0.3, 0.4) is 0 Å². The first-order chi connectivity index (χ1) is 11.0. The van der Waals surface area contributed by atoms with Gasteiger partial charge in [0.15, 0.2) is 17.7 Å². The smallest absolute Gasteiger partial charge is 0.394 e. The first kappa shape index (κ1) is 16.1. The molecule has 5 atom stereocenters. The van der Waals surface area contributed by atoms with Crippen LogP contribution in [0.2, 0.25) is 0 Å². The second-order valence-electron chi connectivity index (χ2n) is 4.93. The number of aromatic nitrogens is 4. The molecule has 1 fully saturated rings. The van der Waals surface area contributed by atoms with E-state index in [1.54, 1.807) is 0 Å². The zero-order chi connectivity index (χ0) is 16.6. The van der Waals surface area contributed by atoms with E-state index < -0.39 is 45.5 Å². The summed E-state index contributed by atoms with van der Waals surface area (Å²) in [6, 6.07) is 0. The van der Waals surface area contributed by atoms with Gasteiger partial charge in [0.05, 0.1) is 12.9 Å². The van der Waals surface area contributed by atoms with Crippen molar-refractivity contribution in [3.05, 3.63) is 12.7 Å². The van der Waals surface area contributed by atoms with Crippen molar-refractivity contribution in [1.82, 2.24) is 19.5 Å². The molecule has 0 amide bonds. The molecule has 0 aromatic carbocycles. The zero-order valence-corrected chi connectivity index (χ0v) is 12.7. The molecule has 2 aromatic heterocycles. The molecule has 0 radical (unpaired) electrons. The lowest BCUT2D eigenvalue weighted by atomic mass is 10.1. The Labute approximate surface area is 130 Å². The van der Waals surface area contributed by atoms with E-state index in [0.717, 1.165) is 0 Å². The van der Waals surface area contributed by atoms with Crippen molar-refractivity contribution in [2.45, 2.75) is 24.5 Å². The summed E-state index contributed by atoms with van der Waals surface area (Å²) in [6.45, 7) is -0.426. The van der Waals surface area contributed by atoms with E-state index in [9.17, 15) is 14.8 Å². The molecule has 5 N–H and O–H groups in total. The van der Waals surface area contributed by atoms with Crippen LogP contribution in [-0.2, 0) is 14.0 Å². The van der Waals surface area contributed by atoms with Gasteiger partial charge in [-0.15, -0.1) is 0 Å². The number of hydrogen-bond acceptors (Lipinski definition) is 9. The van der Waals surface area contributed by atoms with Crippen LogP contribution < -0.4 is 5.73 Å². The molecule has 1 aliphatic rings. The summed E-state index contributed by atoms with van der Waals surface area (Å²) < 4.78 is 23.0. The van der Waals surface area contributed by atoms with Crippen LogP contribution in [0.1, 0.15) is 6.23 Å². The number of rotatable bonds is 5. The molecular formula is C11H15N5O6P+. The molecule has 23 heavy (non-hydrogen) atoms. The van der Waals surface area contributed by atoms with Crippen molar-refractivity contribution in [2.75, 3.05) is 18.7 Å². The first-order valence-electron chi connectivity index (χ1n) is 6.65. The molecule has 0 saturated carbocycles. The maximum Gasteiger partial charge on any atom is 0.534 e. The minimum Gasteiger partial charge on any atom is -0.394 e. The van der Waals surface area contributed by atoms with Crippen LogP contribution in [0.15, 0.2) is 12.7 Å². The minimum absolute atomic E-state index is 0.185. The highest BCUT2D eigenvalue weighted by atomic mass is 31.1. The molecule has 0 spiro atoms. The quantitative estimate of drug-likeness (QED) is 0.481. The van der Waals surface area contributed by atoms with Crippen LogP contribution in [0.4, 0.5) is 5.82 Å². The van der Waals surface area contributed by atoms with Gasteiger partial charge in [0.25, 0.3) is 6.35 Å². The van der Waals surface area contributed by atoms with Gasteiger partial charge in [0.1, 0.15) is 30.2 Å². The molecule has 124 valence electrons. The monoisotopic (exact) mass is 344 g/mol. The lowest BCUT2D eigenvalue weighted by molar-refractivity contribution is -0.0552. The lowest BCUT2D eigenvalue weighted by Crippen LogP contribution is -2.36. The molecule has 11 nitrogen and oxygen atoms in total. The maximum absolute atomic E-state index is 10.8. The van der Waals surface area contributed by atoms with E-state index in [1.165, 1.54) is 17.2 Å². The molecular weight excluding hydrogens is 329 g/mol. The fourth-order valence-corrected chi connectivity index (χ4v) is 2.81. The molecule has 3 heterocycles. The molecule has 0 bridgehead atoms.